The molecule has 1 saturated heterocycles. The van der Waals surface area contributed by atoms with Gasteiger partial charge in [-0.25, -0.2) is 14.8 Å². The van der Waals surface area contributed by atoms with Crippen molar-refractivity contribution in [1.29, 1.82) is 5.26 Å². The van der Waals surface area contributed by atoms with Crippen LogP contribution < -0.4 is 10.2 Å². The number of carbonyl (C=O) groups is 2. The number of anilines is 1. The third kappa shape index (κ3) is 5.63. The van der Waals surface area contributed by atoms with Gasteiger partial charge < -0.3 is 15.3 Å². The molecule has 1 unspecified atom stereocenters. The molecule has 0 bridgehead atoms. The van der Waals surface area contributed by atoms with E-state index in [1.807, 2.05) is 6.07 Å². The summed E-state index contributed by atoms with van der Waals surface area (Å²) in [6.45, 7) is 0.663. The molecule has 2 aromatic heterocycles. The van der Waals surface area contributed by atoms with Gasteiger partial charge >= 0.3 is 12.1 Å². The molecule has 0 saturated carbocycles. The topological polar surface area (TPSA) is 119 Å². The molecule has 0 radical (unpaired) electrons. The summed E-state index contributed by atoms with van der Waals surface area (Å²) in [6.07, 6.45) is -3.25. The summed E-state index contributed by atoms with van der Waals surface area (Å²) in [7, 11) is 0. The SMILES string of the molecule is N#Cc1ccc(CCNC(=O)C2CCCN2c2cc(-c3csc(C(=O)O)c3)nc(C(F)(F)F)n2)cc1. The number of carboxylic acid groups (broad SMARTS) is 1. The van der Waals surface area contributed by atoms with Crippen molar-refractivity contribution in [2.75, 3.05) is 18.0 Å². The Balaban J connectivity index is 1.53. The molecule has 1 amide bonds. The molecule has 1 fully saturated rings. The zero-order valence-electron chi connectivity index (χ0n) is 18.7. The summed E-state index contributed by atoms with van der Waals surface area (Å²) in [5, 5.41) is 22.3. The number of hydrogen-bond acceptors (Lipinski definition) is 7. The summed E-state index contributed by atoms with van der Waals surface area (Å²) in [5.41, 5.74) is 1.63. The highest BCUT2D eigenvalue weighted by Gasteiger charge is 2.38. The number of aromatic carboxylic acids is 1. The van der Waals surface area contributed by atoms with Crippen molar-refractivity contribution < 1.29 is 27.9 Å². The van der Waals surface area contributed by atoms with Gasteiger partial charge in [-0.3, -0.25) is 4.79 Å². The van der Waals surface area contributed by atoms with Crippen LogP contribution in [0, 0.1) is 11.3 Å². The Labute approximate surface area is 208 Å². The van der Waals surface area contributed by atoms with Gasteiger partial charge in [0.05, 0.1) is 17.3 Å². The molecule has 0 spiro atoms. The summed E-state index contributed by atoms with van der Waals surface area (Å²) in [5.74, 6) is -2.91. The molecule has 4 rings (SSSR count). The highest BCUT2D eigenvalue weighted by molar-refractivity contribution is 7.12. The molecule has 1 atom stereocenters. The van der Waals surface area contributed by atoms with Crippen LogP contribution in [-0.4, -0.2) is 46.1 Å². The minimum Gasteiger partial charge on any atom is -0.477 e. The van der Waals surface area contributed by atoms with Crippen LogP contribution in [0.15, 0.2) is 41.8 Å². The average molecular weight is 516 g/mol. The van der Waals surface area contributed by atoms with Gasteiger partial charge in [-0.05, 0) is 43.0 Å². The lowest BCUT2D eigenvalue weighted by Crippen LogP contribution is -2.44. The van der Waals surface area contributed by atoms with Crippen LogP contribution in [0.2, 0.25) is 0 Å². The van der Waals surface area contributed by atoms with E-state index in [1.54, 1.807) is 24.3 Å². The predicted octanol–water partition coefficient (Wildman–Crippen LogP) is 4.12. The van der Waals surface area contributed by atoms with E-state index in [4.69, 9.17) is 10.4 Å². The maximum Gasteiger partial charge on any atom is 0.451 e. The third-order valence-electron chi connectivity index (χ3n) is 5.72. The Morgan fingerprint density at radius 3 is 2.61 bits per heavy atom. The summed E-state index contributed by atoms with van der Waals surface area (Å²) in [4.78, 5) is 32.9. The van der Waals surface area contributed by atoms with Crippen molar-refractivity contribution in [3.8, 4) is 17.3 Å². The molecule has 1 aliphatic rings. The first-order valence-corrected chi connectivity index (χ1v) is 11.9. The van der Waals surface area contributed by atoms with Crippen LogP contribution in [0.4, 0.5) is 19.0 Å². The van der Waals surface area contributed by atoms with Gasteiger partial charge in [-0.2, -0.15) is 18.4 Å². The summed E-state index contributed by atoms with van der Waals surface area (Å²) >= 11 is 0.884. The van der Waals surface area contributed by atoms with Gasteiger partial charge in [0.1, 0.15) is 16.7 Å². The number of alkyl halides is 3. The fourth-order valence-electron chi connectivity index (χ4n) is 3.95. The van der Waals surface area contributed by atoms with Gasteiger partial charge in [-0.1, -0.05) is 12.1 Å². The third-order valence-corrected chi connectivity index (χ3v) is 6.64. The first-order chi connectivity index (χ1) is 17.2. The Hall–Kier alpha value is -3.98. The minimum atomic E-state index is -4.82. The van der Waals surface area contributed by atoms with Gasteiger partial charge in [0.15, 0.2) is 0 Å². The number of nitrogens with zero attached hydrogens (tertiary/aromatic N) is 4. The van der Waals surface area contributed by atoms with Crippen molar-refractivity contribution in [3.63, 3.8) is 0 Å². The van der Waals surface area contributed by atoms with E-state index in [-0.39, 0.29) is 27.9 Å². The second kappa shape index (κ2) is 10.3. The molecule has 1 aliphatic heterocycles. The van der Waals surface area contributed by atoms with E-state index in [1.165, 1.54) is 22.4 Å². The van der Waals surface area contributed by atoms with Crippen molar-refractivity contribution in [2.45, 2.75) is 31.5 Å². The van der Waals surface area contributed by atoms with E-state index in [2.05, 4.69) is 15.3 Å². The van der Waals surface area contributed by atoms with E-state index >= 15 is 0 Å². The number of amides is 1. The quantitative estimate of drug-likeness (QED) is 0.486. The van der Waals surface area contributed by atoms with E-state index in [0.29, 0.717) is 37.9 Å². The number of thiophene rings is 1. The van der Waals surface area contributed by atoms with Crippen molar-refractivity contribution in [3.05, 3.63) is 63.6 Å². The van der Waals surface area contributed by atoms with Crippen LogP contribution in [0.25, 0.3) is 11.3 Å². The van der Waals surface area contributed by atoms with Crippen LogP contribution in [0.5, 0.6) is 0 Å². The standard InChI is InChI=1S/C24H20F3N5O3S/c25-24(26,27)23-30-17(16-10-19(22(34)35)36-13-16)11-20(31-23)32-9-1-2-18(32)21(33)29-8-7-14-3-5-15(12-28)6-4-14/h3-6,10-11,13,18H,1-2,7-9H2,(H,29,33)(H,34,35). The number of nitrogens with one attached hydrogen (secondary N) is 1. The predicted molar refractivity (Wildman–Crippen MR) is 126 cm³/mol. The van der Waals surface area contributed by atoms with Gasteiger partial charge in [-0.15, -0.1) is 11.3 Å². The highest BCUT2D eigenvalue weighted by Crippen LogP contribution is 2.34. The zero-order chi connectivity index (χ0) is 25.9. The lowest BCUT2D eigenvalue weighted by atomic mass is 10.1. The van der Waals surface area contributed by atoms with Crippen LogP contribution >= 0.6 is 11.3 Å². The first kappa shape index (κ1) is 25.1. The van der Waals surface area contributed by atoms with Crippen LogP contribution in [0.3, 0.4) is 0 Å². The number of carboxylic acids is 1. The summed E-state index contributed by atoms with van der Waals surface area (Å²) in [6, 6.07) is 10.9. The van der Waals surface area contributed by atoms with Gasteiger partial charge in [0.2, 0.25) is 11.7 Å². The largest absolute Gasteiger partial charge is 0.477 e. The number of benzene rings is 1. The molecule has 36 heavy (non-hydrogen) atoms. The van der Waals surface area contributed by atoms with Crippen LogP contribution in [0.1, 0.15) is 39.5 Å². The molecular formula is C24H20F3N5O3S. The van der Waals surface area contributed by atoms with E-state index in [9.17, 15) is 22.8 Å². The van der Waals surface area contributed by atoms with Gasteiger partial charge in [0, 0.05) is 30.1 Å². The van der Waals surface area contributed by atoms with E-state index in [0.717, 1.165) is 16.9 Å². The van der Waals surface area contributed by atoms with Gasteiger partial charge in [0.25, 0.3) is 0 Å². The maximum atomic E-state index is 13.6. The van der Waals surface area contributed by atoms with Crippen molar-refractivity contribution in [2.24, 2.45) is 0 Å². The number of halogens is 3. The molecular weight excluding hydrogens is 495 g/mol. The number of rotatable bonds is 7. The fraction of sp³-hybridized carbons (Fsp3) is 0.292. The molecule has 3 aromatic rings. The second-order valence-electron chi connectivity index (χ2n) is 8.14. The second-order valence-corrected chi connectivity index (χ2v) is 9.05. The lowest BCUT2D eigenvalue weighted by molar-refractivity contribution is -0.144. The lowest BCUT2D eigenvalue weighted by Gasteiger charge is -2.26. The number of aromatic nitrogens is 2. The Kier molecular flexibility index (Phi) is 7.21. The molecule has 1 aromatic carbocycles. The highest BCUT2D eigenvalue weighted by atomic mass is 32.1. The number of nitriles is 1. The molecule has 0 aliphatic carbocycles. The van der Waals surface area contributed by atoms with E-state index < -0.39 is 24.0 Å². The average Bonchev–Trinajstić information content (AvgIpc) is 3.54. The van der Waals surface area contributed by atoms with Crippen LogP contribution in [-0.2, 0) is 17.4 Å². The maximum absolute atomic E-state index is 13.6. The number of carbonyl (C=O) groups excluding carboxylic acids is 1. The monoisotopic (exact) mass is 515 g/mol. The smallest absolute Gasteiger partial charge is 0.451 e. The fourth-order valence-corrected chi connectivity index (χ4v) is 4.68. The molecule has 12 heteroatoms. The Morgan fingerprint density at radius 2 is 1.97 bits per heavy atom. The molecule has 3 heterocycles. The summed E-state index contributed by atoms with van der Waals surface area (Å²) < 4.78 is 40.7. The molecule has 2 N–H and O–H groups in total. The van der Waals surface area contributed by atoms with Crippen molar-refractivity contribution >= 4 is 29.0 Å². The zero-order valence-corrected chi connectivity index (χ0v) is 19.6. The van der Waals surface area contributed by atoms with Crippen molar-refractivity contribution in [1.82, 2.24) is 15.3 Å². The molecule has 8 nitrogen and oxygen atoms in total. The minimum absolute atomic E-state index is 0.0283. The Morgan fingerprint density at radius 1 is 1.22 bits per heavy atom. The first-order valence-electron chi connectivity index (χ1n) is 11.0. The number of hydrogen-bond donors (Lipinski definition) is 2. The Bertz CT molecular complexity index is 1320. The normalized spacial score (nSPS) is 15.5. The molecule has 186 valence electrons.